The molecule has 32 heavy (non-hydrogen) atoms. The Kier molecular flexibility index (Phi) is 6.49. The average molecular weight is 430 g/mol. The number of hydrogen-bond acceptors (Lipinski definition) is 7. The van der Waals surface area contributed by atoms with Gasteiger partial charge in [0.1, 0.15) is 11.6 Å². The minimum absolute atomic E-state index is 0.00585. The lowest BCUT2D eigenvalue weighted by Crippen LogP contribution is -2.38. The number of nitrogens with one attached hydrogen (secondary N) is 1. The van der Waals surface area contributed by atoms with Crippen molar-refractivity contribution >= 4 is 23.7 Å². The van der Waals surface area contributed by atoms with Gasteiger partial charge in [-0.3, -0.25) is 9.78 Å². The summed E-state index contributed by atoms with van der Waals surface area (Å²) in [4.78, 5) is 36.7. The van der Waals surface area contributed by atoms with Crippen molar-refractivity contribution in [3.8, 4) is 0 Å². The maximum absolute atomic E-state index is 12.7. The molecule has 4 heterocycles. The van der Waals surface area contributed by atoms with Crippen molar-refractivity contribution in [1.29, 1.82) is 0 Å². The maximum Gasteiger partial charge on any atom is 0.246 e. The van der Waals surface area contributed by atoms with E-state index in [4.69, 9.17) is 0 Å². The monoisotopic (exact) mass is 429 g/mol. The summed E-state index contributed by atoms with van der Waals surface area (Å²) in [6.07, 6.45) is 8.79. The predicted octanol–water partition coefficient (Wildman–Crippen LogP) is 3.75. The minimum atomic E-state index is 0.00585. The van der Waals surface area contributed by atoms with E-state index in [0.717, 1.165) is 42.0 Å². The van der Waals surface area contributed by atoms with Crippen LogP contribution in [0, 0.1) is 20.8 Å². The van der Waals surface area contributed by atoms with Crippen LogP contribution in [0.15, 0.2) is 42.7 Å². The van der Waals surface area contributed by atoms with Gasteiger partial charge in [0, 0.05) is 54.9 Å². The topological polar surface area (TPSA) is 96.8 Å². The smallest absolute Gasteiger partial charge is 0.246 e. The Morgan fingerprint density at radius 3 is 2.69 bits per heavy atom. The summed E-state index contributed by atoms with van der Waals surface area (Å²) >= 11 is 0. The fourth-order valence-corrected chi connectivity index (χ4v) is 3.93. The number of carbonyl (C=O) groups excluding carboxylic acids is 1. The van der Waals surface area contributed by atoms with Gasteiger partial charge in [-0.05, 0) is 57.4 Å². The van der Waals surface area contributed by atoms with Crippen LogP contribution in [0.4, 0.5) is 11.8 Å². The second-order valence-electron chi connectivity index (χ2n) is 8.07. The molecule has 1 fully saturated rings. The second kappa shape index (κ2) is 9.64. The van der Waals surface area contributed by atoms with E-state index in [0.29, 0.717) is 24.1 Å². The molecule has 4 rings (SSSR count). The molecule has 164 valence electrons. The third kappa shape index (κ3) is 5.51. The second-order valence-corrected chi connectivity index (χ2v) is 8.07. The molecule has 1 aliphatic rings. The first-order valence-electron chi connectivity index (χ1n) is 10.8. The van der Waals surface area contributed by atoms with Crippen LogP contribution >= 0.6 is 0 Å². The van der Waals surface area contributed by atoms with Gasteiger partial charge in [-0.15, -0.1) is 0 Å². The van der Waals surface area contributed by atoms with Gasteiger partial charge in [0.05, 0.1) is 5.69 Å². The van der Waals surface area contributed by atoms with E-state index in [2.05, 4.69) is 30.2 Å². The summed E-state index contributed by atoms with van der Waals surface area (Å²) in [5, 5.41) is 3.21. The lowest BCUT2D eigenvalue weighted by molar-refractivity contribution is -0.127. The Hall–Kier alpha value is -3.68. The van der Waals surface area contributed by atoms with E-state index in [1.165, 1.54) is 0 Å². The molecule has 1 unspecified atom stereocenters. The molecule has 1 amide bonds. The fraction of sp³-hybridized carbons (Fsp3) is 0.333. The summed E-state index contributed by atoms with van der Waals surface area (Å²) in [6.45, 7) is 7.13. The van der Waals surface area contributed by atoms with Gasteiger partial charge in [-0.2, -0.15) is 0 Å². The molecule has 1 saturated heterocycles. The van der Waals surface area contributed by atoms with Gasteiger partial charge in [0.25, 0.3) is 0 Å². The first kappa shape index (κ1) is 21.5. The predicted molar refractivity (Wildman–Crippen MR) is 123 cm³/mol. The molecule has 0 radical (unpaired) electrons. The first-order valence-corrected chi connectivity index (χ1v) is 10.8. The Morgan fingerprint density at radius 2 is 1.94 bits per heavy atom. The quantitative estimate of drug-likeness (QED) is 0.617. The number of piperidine rings is 1. The number of likely N-dealkylation sites (tertiary alicyclic amines) is 1. The zero-order valence-corrected chi connectivity index (χ0v) is 18.6. The molecular weight excluding hydrogens is 402 g/mol. The summed E-state index contributed by atoms with van der Waals surface area (Å²) in [7, 11) is 0. The summed E-state index contributed by atoms with van der Waals surface area (Å²) in [6, 6.07) is 7.65. The van der Waals surface area contributed by atoms with Crippen LogP contribution in [0.1, 0.15) is 47.2 Å². The van der Waals surface area contributed by atoms with Crippen molar-refractivity contribution in [1.82, 2.24) is 29.8 Å². The zero-order chi connectivity index (χ0) is 22.5. The standard InChI is InChI=1S/C24H27N7O/c1-16-12-17(2)27-24(26-16)30-22-13-21(28-18(3)29-22)20-7-5-11-31(15-20)23(32)9-8-19-6-4-10-25-14-19/h4,6,8-10,12-14,20H,5,7,11,15H2,1-3H3,(H,26,27,28,29,30)/b9-8+. The fourth-order valence-electron chi connectivity index (χ4n) is 3.93. The molecular formula is C24H27N7O. The SMILES string of the molecule is Cc1cc(C)nc(Nc2cc(C3CCCN(C(=O)/C=C/c4cccnc4)C3)nc(C)n2)n1. The van der Waals surface area contributed by atoms with Gasteiger partial charge in [-0.25, -0.2) is 19.9 Å². The zero-order valence-electron chi connectivity index (χ0n) is 18.6. The molecule has 1 aliphatic heterocycles. The number of pyridine rings is 1. The van der Waals surface area contributed by atoms with Crippen LogP contribution < -0.4 is 5.32 Å². The Bertz CT molecular complexity index is 1110. The van der Waals surface area contributed by atoms with Crippen molar-refractivity contribution in [2.75, 3.05) is 18.4 Å². The number of amides is 1. The van der Waals surface area contributed by atoms with Gasteiger partial charge >= 0.3 is 0 Å². The molecule has 0 saturated carbocycles. The molecule has 3 aromatic heterocycles. The number of anilines is 2. The number of rotatable bonds is 5. The Morgan fingerprint density at radius 1 is 1.12 bits per heavy atom. The van der Waals surface area contributed by atoms with E-state index in [1.807, 2.05) is 49.9 Å². The van der Waals surface area contributed by atoms with Gasteiger partial charge in [0.2, 0.25) is 11.9 Å². The highest BCUT2D eigenvalue weighted by Gasteiger charge is 2.25. The highest BCUT2D eigenvalue weighted by Crippen LogP contribution is 2.27. The number of nitrogens with zero attached hydrogens (tertiary/aromatic N) is 6. The highest BCUT2D eigenvalue weighted by atomic mass is 16.2. The maximum atomic E-state index is 12.7. The normalized spacial score (nSPS) is 16.3. The summed E-state index contributed by atoms with van der Waals surface area (Å²) < 4.78 is 0. The molecule has 0 spiro atoms. The van der Waals surface area contributed by atoms with E-state index in [-0.39, 0.29) is 11.8 Å². The number of carbonyl (C=O) groups is 1. The lowest BCUT2D eigenvalue weighted by Gasteiger charge is -2.32. The molecule has 3 aromatic rings. The number of hydrogen-bond donors (Lipinski definition) is 1. The third-order valence-corrected chi connectivity index (χ3v) is 5.33. The Balaban J connectivity index is 1.48. The van der Waals surface area contributed by atoms with Crippen molar-refractivity contribution in [3.63, 3.8) is 0 Å². The van der Waals surface area contributed by atoms with E-state index in [1.54, 1.807) is 24.5 Å². The van der Waals surface area contributed by atoms with Gasteiger partial charge in [-0.1, -0.05) is 6.07 Å². The van der Waals surface area contributed by atoms with Crippen LogP contribution in [0.25, 0.3) is 6.08 Å². The van der Waals surface area contributed by atoms with Crippen LogP contribution in [0.3, 0.4) is 0 Å². The molecule has 0 aromatic carbocycles. The Labute approximate surface area is 187 Å². The van der Waals surface area contributed by atoms with E-state index in [9.17, 15) is 4.79 Å². The van der Waals surface area contributed by atoms with Crippen LogP contribution in [0.2, 0.25) is 0 Å². The molecule has 1 atom stereocenters. The first-order chi connectivity index (χ1) is 15.5. The minimum Gasteiger partial charge on any atom is -0.338 e. The lowest BCUT2D eigenvalue weighted by atomic mass is 9.94. The molecule has 8 heteroatoms. The van der Waals surface area contributed by atoms with Crippen LogP contribution in [0.5, 0.6) is 0 Å². The van der Waals surface area contributed by atoms with Crippen molar-refractivity contribution in [2.45, 2.75) is 39.5 Å². The van der Waals surface area contributed by atoms with Crippen LogP contribution in [-0.4, -0.2) is 48.8 Å². The molecule has 8 nitrogen and oxygen atoms in total. The van der Waals surface area contributed by atoms with E-state index < -0.39 is 0 Å². The third-order valence-electron chi connectivity index (χ3n) is 5.33. The molecule has 1 N–H and O–H groups in total. The van der Waals surface area contributed by atoms with Crippen molar-refractivity contribution in [2.24, 2.45) is 0 Å². The van der Waals surface area contributed by atoms with Crippen molar-refractivity contribution in [3.05, 3.63) is 71.2 Å². The molecule has 0 aliphatic carbocycles. The largest absolute Gasteiger partial charge is 0.338 e. The van der Waals surface area contributed by atoms with Gasteiger partial charge in [0.15, 0.2) is 0 Å². The number of aryl methyl sites for hydroxylation is 3. The summed E-state index contributed by atoms with van der Waals surface area (Å²) in [5.41, 5.74) is 3.63. The average Bonchev–Trinajstić information content (AvgIpc) is 2.77. The van der Waals surface area contributed by atoms with Crippen molar-refractivity contribution < 1.29 is 4.79 Å². The van der Waals surface area contributed by atoms with Crippen LogP contribution in [-0.2, 0) is 4.79 Å². The molecule has 0 bridgehead atoms. The summed E-state index contributed by atoms with van der Waals surface area (Å²) in [5.74, 6) is 2.02. The highest BCUT2D eigenvalue weighted by molar-refractivity contribution is 5.91. The number of aromatic nitrogens is 5. The van der Waals surface area contributed by atoms with E-state index >= 15 is 0 Å². The van der Waals surface area contributed by atoms with Gasteiger partial charge < -0.3 is 10.2 Å².